The smallest absolute Gasteiger partial charge is 1.00 e. The van der Waals surface area contributed by atoms with Crippen molar-refractivity contribution in [3.8, 4) is 0 Å². The second kappa shape index (κ2) is 13.5. The van der Waals surface area contributed by atoms with E-state index < -0.39 is 18.7 Å². The Morgan fingerprint density at radius 1 is 1.05 bits per heavy atom. The van der Waals surface area contributed by atoms with Crippen molar-refractivity contribution in [3.63, 3.8) is 0 Å². The normalized spacial score (nSPS) is 12.7. The van der Waals surface area contributed by atoms with Crippen LogP contribution in [-0.4, -0.2) is 18.7 Å². The molecule has 0 unspecified atom stereocenters. The van der Waals surface area contributed by atoms with Gasteiger partial charge in [0.2, 0.25) is 0 Å². The number of rotatable bonds is 2. The van der Waals surface area contributed by atoms with Gasteiger partial charge < -0.3 is 22.6 Å². The first kappa shape index (κ1) is 24.5. The second-order valence-corrected chi connectivity index (χ2v) is 18.5. The summed E-state index contributed by atoms with van der Waals surface area (Å²) in [6, 6.07) is 0. The number of halogens is 1. The molecule has 0 bridgehead atoms. The van der Waals surface area contributed by atoms with Crippen LogP contribution in [-0.2, 0) is 15.6 Å². The molecule has 0 spiro atoms. The molecule has 0 aromatic carbocycles. The van der Waals surface area contributed by atoms with Crippen LogP contribution in [0.15, 0.2) is 22.5 Å². The van der Waals surface area contributed by atoms with E-state index in [1.165, 1.54) is 6.42 Å². The minimum atomic E-state index is -0.737. The fraction of sp³-hybridized carbons (Fsp3) is 0.714. The van der Waals surface area contributed by atoms with Gasteiger partial charge in [0, 0.05) is 0 Å². The van der Waals surface area contributed by atoms with Crippen LogP contribution in [0.2, 0.25) is 19.6 Å². The van der Waals surface area contributed by atoms with Gasteiger partial charge in [0.25, 0.3) is 0 Å². The van der Waals surface area contributed by atoms with E-state index in [4.69, 9.17) is 0 Å². The van der Waals surface area contributed by atoms with Crippen LogP contribution >= 0.6 is 0 Å². The fourth-order valence-electron chi connectivity index (χ4n) is 0.950. The molecule has 0 amide bonds. The summed E-state index contributed by atoms with van der Waals surface area (Å²) in [5, 5.41) is 19.1. The molecule has 0 aromatic rings. The van der Waals surface area contributed by atoms with Gasteiger partial charge in [0.05, 0.1) is 0 Å². The van der Waals surface area contributed by atoms with Crippen molar-refractivity contribution in [1.82, 2.24) is 0 Å². The van der Waals surface area contributed by atoms with E-state index in [0.717, 1.165) is 0 Å². The molecule has 5 heteroatoms. The summed E-state index contributed by atoms with van der Waals surface area (Å²) in [6.45, 7) is 13.8. The summed E-state index contributed by atoms with van der Waals surface area (Å²) >= 11 is 0.557. The summed E-state index contributed by atoms with van der Waals surface area (Å²) in [7, 11) is 0. The van der Waals surface area contributed by atoms with Gasteiger partial charge in [0.15, 0.2) is 0 Å². The number of hydrogen-bond donors (Lipinski definition) is 0. The van der Waals surface area contributed by atoms with E-state index in [-0.39, 0.29) is 12.4 Å². The first-order chi connectivity index (χ1) is 8.04. The third kappa shape index (κ3) is 32.2. The average Bonchev–Trinajstić information content (AvgIpc) is 2.50. The third-order valence-electron chi connectivity index (χ3n) is 1.23. The van der Waals surface area contributed by atoms with Gasteiger partial charge in [-0.2, -0.15) is 0 Å². The molecular weight excluding hydrogens is 315 g/mol. The van der Waals surface area contributed by atoms with E-state index in [1.54, 1.807) is 32.0 Å². The van der Waals surface area contributed by atoms with Gasteiger partial charge >= 0.3 is 70.6 Å². The molecule has 0 aromatic heterocycles. The largest absolute Gasteiger partial charge is 1.00 e. The summed E-state index contributed by atoms with van der Waals surface area (Å²) in [5.41, 5.74) is 0. The van der Waals surface area contributed by atoms with Crippen LogP contribution in [0.25, 0.3) is 0 Å². The van der Waals surface area contributed by atoms with E-state index in [9.17, 15) is 10.2 Å². The van der Waals surface area contributed by atoms with E-state index >= 15 is 0 Å². The van der Waals surface area contributed by atoms with Crippen LogP contribution in [0.3, 0.4) is 0 Å². The Morgan fingerprint density at radius 3 is 1.63 bits per heavy atom. The molecule has 0 atom stereocenters. The zero-order chi connectivity index (χ0) is 14.8. The zero-order valence-corrected chi connectivity index (χ0v) is 16.4. The summed E-state index contributed by atoms with van der Waals surface area (Å²) < 4.78 is 1.73. The van der Waals surface area contributed by atoms with Crippen molar-refractivity contribution in [1.29, 1.82) is 0 Å². The SMILES string of the molecule is CC(C)[O-].CC(C)[O-].C[Si](C)(C)[V+3][C]1=CC=CC1.[Cl-]. The van der Waals surface area contributed by atoms with Gasteiger partial charge in [-0.05, 0) is 0 Å². The van der Waals surface area contributed by atoms with Crippen molar-refractivity contribution in [2.45, 2.75) is 66.0 Å². The van der Waals surface area contributed by atoms with Crippen LogP contribution in [0, 0.1) is 0 Å². The molecule has 1 rings (SSSR count). The van der Waals surface area contributed by atoms with Crippen LogP contribution < -0.4 is 22.6 Å². The molecule has 19 heavy (non-hydrogen) atoms. The Bertz CT molecular complexity index is 247. The van der Waals surface area contributed by atoms with Gasteiger partial charge in [-0.1, -0.05) is 27.7 Å². The van der Waals surface area contributed by atoms with Gasteiger partial charge in [-0.15, -0.1) is 12.2 Å². The summed E-state index contributed by atoms with van der Waals surface area (Å²) in [5.74, 6) is 0. The molecule has 0 fully saturated rings. The molecule has 0 N–H and O–H groups in total. The van der Waals surface area contributed by atoms with Crippen LogP contribution in [0.1, 0.15) is 34.1 Å². The molecule has 0 saturated carbocycles. The van der Waals surface area contributed by atoms with Crippen molar-refractivity contribution < 1.29 is 38.2 Å². The topological polar surface area (TPSA) is 46.1 Å². The number of allylic oxidation sites excluding steroid dienone is 4. The minimum absolute atomic E-state index is 0. The molecule has 0 saturated heterocycles. The average molecular weight is 343 g/mol. The van der Waals surface area contributed by atoms with Gasteiger partial charge in [-0.3, -0.25) is 0 Å². The van der Waals surface area contributed by atoms with Crippen molar-refractivity contribution in [2.75, 3.05) is 0 Å². The molecule has 0 heterocycles. The van der Waals surface area contributed by atoms with Gasteiger partial charge in [-0.25, -0.2) is 0 Å². The maximum atomic E-state index is 9.53. The quantitative estimate of drug-likeness (QED) is 0.621. The fourth-order valence-corrected chi connectivity index (χ4v) is 7.09. The Hall–Kier alpha value is 0.491. The Labute approximate surface area is 133 Å². The summed E-state index contributed by atoms with van der Waals surface area (Å²) in [4.78, 5) is 0. The molecule has 112 valence electrons. The third-order valence-corrected chi connectivity index (χ3v) is 7.19. The van der Waals surface area contributed by atoms with E-state index in [1.807, 2.05) is 0 Å². The summed E-state index contributed by atoms with van der Waals surface area (Å²) in [6.07, 6.45) is 6.47. The van der Waals surface area contributed by atoms with Crippen molar-refractivity contribution in [2.24, 2.45) is 0 Å². The first-order valence-electron chi connectivity index (χ1n) is 6.45. The molecule has 1 aliphatic carbocycles. The van der Waals surface area contributed by atoms with E-state index in [0.29, 0.717) is 15.6 Å². The van der Waals surface area contributed by atoms with Crippen LogP contribution in [0.5, 0.6) is 0 Å². The molecular formula is C14H28ClO2SiV. The predicted octanol–water partition coefficient (Wildman–Crippen LogP) is -0.738. The number of hydrogen-bond acceptors (Lipinski definition) is 2. The maximum Gasteiger partial charge on any atom is -1.00 e. The Balaban J connectivity index is -0.000000242. The van der Waals surface area contributed by atoms with Crippen molar-refractivity contribution >= 4 is 6.45 Å². The van der Waals surface area contributed by atoms with Crippen molar-refractivity contribution in [3.05, 3.63) is 22.5 Å². The Morgan fingerprint density at radius 2 is 1.42 bits per heavy atom. The molecule has 2 nitrogen and oxygen atoms in total. The van der Waals surface area contributed by atoms with Gasteiger partial charge in [0.1, 0.15) is 0 Å². The maximum absolute atomic E-state index is 9.53. The minimum Gasteiger partial charge on any atom is -1.00 e. The zero-order valence-electron chi connectivity index (χ0n) is 13.2. The first-order valence-corrected chi connectivity index (χ1v) is 12.7. The standard InChI is InChI=1S/C5H5.2C3H7O.C3H9Si.ClH.V/c1-2-4-5-3-1;2*1-3(2)4;1-4(2)3;;/h1-3H,4H2;2*3H,1-2H3;1-3H3;1H;/q;2*-1;;;+3/p-1. The monoisotopic (exact) mass is 342 g/mol. The molecule has 0 radical (unpaired) electrons. The molecule has 0 aliphatic heterocycles. The van der Waals surface area contributed by atoms with Crippen LogP contribution in [0.4, 0.5) is 0 Å². The Kier molecular flexibility index (Phi) is 17.4. The van der Waals surface area contributed by atoms with E-state index in [2.05, 4.69) is 37.9 Å². The molecule has 1 aliphatic rings. The second-order valence-electron chi connectivity index (χ2n) is 5.67. The predicted molar refractivity (Wildman–Crippen MR) is 75.5 cm³/mol.